The van der Waals surface area contributed by atoms with Crippen molar-refractivity contribution in [3.8, 4) is 6.07 Å². The fraction of sp³-hybridized carbons (Fsp3) is 0.211. The van der Waals surface area contributed by atoms with Gasteiger partial charge in [0.25, 0.3) is 5.91 Å². The lowest BCUT2D eigenvalue weighted by molar-refractivity contribution is -0.150. The van der Waals surface area contributed by atoms with Crippen LogP contribution in [0.1, 0.15) is 34.3 Å². The molecule has 0 atom stereocenters. The van der Waals surface area contributed by atoms with Crippen LogP contribution in [0.2, 0.25) is 0 Å². The molecule has 5 nitrogen and oxygen atoms in total. The Morgan fingerprint density at radius 1 is 1.20 bits per heavy atom. The summed E-state index contributed by atoms with van der Waals surface area (Å²) in [6.45, 7) is 0. The summed E-state index contributed by atoms with van der Waals surface area (Å²) in [4.78, 5) is 23.7. The maximum atomic E-state index is 13.2. The number of benzene rings is 2. The molecule has 0 unspecified atom stereocenters. The maximum absolute atomic E-state index is 13.2. The van der Waals surface area contributed by atoms with E-state index in [2.05, 4.69) is 5.32 Å². The van der Waals surface area contributed by atoms with Crippen molar-refractivity contribution in [2.75, 3.05) is 5.32 Å². The monoisotopic (exact) mass is 338 g/mol. The molecule has 3 rings (SSSR count). The Bertz CT molecular complexity index is 865. The van der Waals surface area contributed by atoms with Gasteiger partial charge in [0.05, 0.1) is 17.0 Å². The molecule has 0 heterocycles. The van der Waals surface area contributed by atoms with Gasteiger partial charge in [0, 0.05) is 11.3 Å². The molecule has 1 aliphatic carbocycles. The van der Waals surface area contributed by atoms with Gasteiger partial charge in [-0.05, 0) is 48.7 Å². The zero-order valence-corrected chi connectivity index (χ0v) is 13.2. The summed E-state index contributed by atoms with van der Waals surface area (Å²) < 4.78 is 13.2. The molecular weight excluding hydrogens is 323 g/mol. The molecule has 6 heteroatoms. The number of nitrogens with zero attached hydrogens (tertiary/aromatic N) is 1. The summed E-state index contributed by atoms with van der Waals surface area (Å²) in [7, 11) is 0. The van der Waals surface area contributed by atoms with Gasteiger partial charge in [-0.25, -0.2) is 4.39 Å². The Kier molecular flexibility index (Phi) is 4.24. The van der Waals surface area contributed by atoms with Crippen molar-refractivity contribution < 1.29 is 19.1 Å². The number of rotatable bonds is 4. The van der Waals surface area contributed by atoms with Crippen LogP contribution in [0, 0.1) is 11.3 Å². The molecule has 0 radical (unpaired) electrons. The Morgan fingerprint density at radius 3 is 2.44 bits per heavy atom. The summed E-state index contributed by atoms with van der Waals surface area (Å²) in [5.74, 6) is -1.41. The minimum absolute atomic E-state index is 0.0327. The van der Waals surface area contributed by atoms with Crippen molar-refractivity contribution in [3.63, 3.8) is 0 Å². The fourth-order valence-corrected chi connectivity index (χ4v) is 3.04. The number of aliphatic carboxylic acids is 1. The number of hydrogen-bond acceptors (Lipinski definition) is 3. The lowest BCUT2D eigenvalue weighted by Crippen LogP contribution is -2.48. The average Bonchev–Trinajstić information content (AvgIpc) is 2.59. The topological polar surface area (TPSA) is 90.2 Å². The van der Waals surface area contributed by atoms with Crippen molar-refractivity contribution >= 4 is 17.6 Å². The number of carboxylic acids is 1. The second-order valence-electron chi connectivity index (χ2n) is 6.12. The van der Waals surface area contributed by atoms with Crippen LogP contribution in [0.3, 0.4) is 0 Å². The molecule has 0 aliphatic heterocycles. The highest BCUT2D eigenvalue weighted by atomic mass is 19.1. The van der Waals surface area contributed by atoms with Crippen LogP contribution >= 0.6 is 0 Å². The summed E-state index contributed by atoms with van der Waals surface area (Å²) >= 11 is 0. The quantitative estimate of drug-likeness (QED) is 0.895. The lowest BCUT2D eigenvalue weighted by atomic mass is 9.63. The first-order valence-electron chi connectivity index (χ1n) is 7.74. The first kappa shape index (κ1) is 16.7. The number of anilines is 1. The molecule has 0 saturated heterocycles. The molecule has 1 aliphatic rings. The third kappa shape index (κ3) is 3.09. The number of alkyl halides is 1. The third-order valence-electron chi connectivity index (χ3n) is 4.50. The van der Waals surface area contributed by atoms with Crippen LogP contribution in [0.25, 0.3) is 0 Å². The molecule has 0 aromatic heterocycles. The molecule has 1 amide bonds. The predicted octanol–water partition coefficient (Wildman–Crippen LogP) is 3.26. The Labute approximate surface area is 143 Å². The highest BCUT2D eigenvalue weighted by Crippen LogP contribution is 2.46. The van der Waals surface area contributed by atoms with Crippen LogP contribution in [-0.4, -0.2) is 23.2 Å². The van der Waals surface area contributed by atoms with E-state index in [1.54, 1.807) is 42.5 Å². The summed E-state index contributed by atoms with van der Waals surface area (Å²) in [5.41, 5.74) is 0.580. The fourth-order valence-electron chi connectivity index (χ4n) is 3.04. The normalized spacial score (nSPS) is 21.7. The van der Waals surface area contributed by atoms with E-state index in [1.165, 1.54) is 6.07 Å². The molecule has 2 aromatic carbocycles. The van der Waals surface area contributed by atoms with Gasteiger partial charge in [-0.3, -0.25) is 9.59 Å². The Morgan fingerprint density at radius 2 is 1.88 bits per heavy atom. The Balaban J connectivity index is 1.76. The molecule has 0 bridgehead atoms. The van der Waals surface area contributed by atoms with Crippen molar-refractivity contribution in [3.05, 3.63) is 65.2 Å². The first-order valence-corrected chi connectivity index (χ1v) is 7.74. The van der Waals surface area contributed by atoms with Crippen LogP contribution in [0.15, 0.2) is 48.5 Å². The van der Waals surface area contributed by atoms with Crippen molar-refractivity contribution in [2.24, 2.45) is 0 Å². The molecule has 2 N–H and O–H groups in total. The van der Waals surface area contributed by atoms with Gasteiger partial charge in [-0.15, -0.1) is 0 Å². The van der Waals surface area contributed by atoms with Crippen LogP contribution in [0.4, 0.5) is 10.1 Å². The van der Waals surface area contributed by atoms with Gasteiger partial charge in [0.2, 0.25) is 0 Å². The molecule has 25 heavy (non-hydrogen) atoms. The smallest absolute Gasteiger partial charge is 0.314 e. The summed E-state index contributed by atoms with van der Waals surface area (Å²) in [6, 6.07) is 14.7. The minimum atomic E-state index is -1.18. The molecular formula is C19H15FN2O3. The average molecular weight is 338 g/mol. The number of carbonyl (C=O) groups excluding carboxylic acids is 1. The number of carbonyl (C=O) groups is 2. The molecule has 2 aromatic rings. The summed E-state index contributed by atoms with van der Waals surface area (Å²) in [6.07, 6.45) is -1.16. The highest BCUT2D eigenvalue weighted by Gasteiger charge is 2.52. The van der Waals surface area contributed by atoms with Gasteiger partial charge < -0.3 is 10.4 Å². The van der Waals surface area contributed by atoms with Crippen molar-refractivity contribution in [1.29, 1.82) is 5.26 Å². The van der Waals surface area contributed by atoms with E-state index >= 15 is 0 Å². The second kappa shape index (κ2) is 6.36. The largest absolute Gasteiger partial charge is 0.481 e. The third-order valence-corrected chi connectivity index (χ3v) is 4.50. The number of halogens is 1. The van der Waals surface area contributed by atoms with Crippen molar-refractivity contribution in [2.45, 2.75) is 24.4 Å². The van der Waals surface area contributed by atoms with E-state index in [-0.39, 0.29) is 18.7 Å². The lowest BCUT2D eigenvalue weighted by Gasteiger charge is -2.40. The second-order valence-corrected chi connectivity index (χ2v) is 6.12. The number of amides is 1. The number of carboxylic acid groups (broad SMARTS) is 1. The molecule has 1 saturated carbocycles. The zero-order chi connectivity index (χ0) is 18.0. The van der Waals surface area contributed by atoms with Gasteiger partial charge in [-0.2, -0.15) is 5.26 Å². The van der Waals surface area contributed by atoms with Crippen molar-refractivity contribution in [1.82, 2.24) is 0 Å². The van der Waals surface area contributed by atoms with E-state index in [0.717, 1.165) is 0 Å². The van der Waals surface area contributed by atoms with E-state index in [4.69, 9.17) is 5.26 Å². The molecule has 126 valence electrons. The Hall–Kier alpha value is -3.20. The molecule has 1 fully saturated rings. The highest BCUT2D eigenvalue weighted by molar-refractivity contribution is 6.04. The van der Waals surface area contributed by atoms with E-state index in [1.807, 2.05) is 6.07 Å². The first-order chi connectivity index (χ1) is 11.9. The van der Waals surface area contributed by atoms with E-state index < -0.39 is 17.6 Å². The summed E-state index contributed by atoms with van der Waals surface area (Å²) in [5, 5.41) is 21.0. The SMILES string of the molecule is N#Cc1cccc(C(=O)Nc2ccc(C3(C(=O)O)CC(F)C3)cc2)c1. The van der Waals surface area contributed by atoms with E-state index in [9.17, 15) is 19.1 Å². The van der Waals surface area contributed by atoms with Crippen LogP contribution < -0.4 is 5.32 Å². The van der Waals surface area contributed by atoms with Crippen LogP contribution in [0.5, 0.6) is 0 Å². The van der Waals surface area contributed by atoms with Gasteiger partial charge in [0.15, 0.2) is 0 Å². The van der Waals surface area contributed by atoms with Crippen LogP contribution in [-0.2, 0) is 10.2 Å². The maximum Gasteiger partial charge on any atom is 0.314 e. The van der Waals surface area contributed by atoms with Gasteiger partial charge in [0.1, 0.15) is 6.17 Å². The standard InChI is InChI=1S/C19H15FN2O3/c20-15-9-19(10-15,18(24)25)14-4-6-16(7-5-14)22-17(23)13-3-1-2-12(8-13)11-21/h1-8,15H,9-10H2,(H,22,23)(H,24,25). The van der Waals surface area contributed by atoms with E-state index in [0.29, 0.717) is 22.4 Å². The number of nitrogens with one attached hydrogen (secondary N) is 1. The zero-order valence-electron chi connectivity index (χ0n) is 13.2. The van der Waals surface area contributed by atoms with Gasteiger partial charge in [-0.1, -0.05) is 18.2 Å². The number of nitriles is 1. The number of hydrogen-bond donors (Lipinski definition) is 2. The minimum Gasteiger partial charge on any atom is -0.481 e. The predicted molar refractivity (Wildman–Crippen MR) is 89.0 cm³/mol. The van der Waals surface area contributed by atoms with Gasteiger partial charge >= 0.3 is 5.97 Å². The molecule has 0 spiro atoms.